The highest BCUT2D eigenvalue weighted by Gasteiger charge is 2.45. The first-order valence-corrected chi connectivity index (χ1v) is 9.17. The molecule has 132 valence electrons. The third kappa shape index (κ3) is 3.35. The minimum absolute atomic E-state index is 0.0320. The van der Waals surface area contributed by atoms with Gasteiger partial charge < -0.3 is 15.0 Å². The number of nitrogens with one attached hydrogen (secondary N) is 1. The zero-order chi connectivity index (χ0) is 17.2. The molecular formula is C20H30N2O2. The summed E-state index contributed by atoms with van der Waals surface area (Å²) in [4.78, 5) is 14.7. The molecule has 1 spiro atoms. The predicted octanol–water partition coefficient (Wildman–Crippen LogP) is 2.88. The second kappa shape index (κ2) is 7.24. The predicted molar refractivity (Wildman–Crippen MR) is 96.0 cm³/mol. The fourth-order valence-corrected chi connectivity index (χ4v) is 4.26. The zero-order valence-corrected chi connectivity index (χ0v) is 15.2. The lowest BCUT2D eigenvalue weighted by Gasteiger charge is -2.40. The number of piperidine rings is 1. The average Bonchev–Trinajstić information content (AvgIpc) is 2.88. The normalized spacial score (nSPS) is 22.8. The summed E-state index contributed by atoms with van der Waals surface area (Å²) in [6.07, 6.45) is 3.38. The number of ether oxygens (including phenoxy) is 1. The SMILES string of the molecule is COCCN1CCC2(CC1)C[C@@H](NC(=O)C(C)C)c1ccccc12. The molecule has 1 heterocycles. The maximum atomic E-state index is 12.2. The van der Waals surface area contributed by atoms with Gasteiger partial charge in [0.05, 0.1) is 12.6 Å². The molecule has 0 aromatic heterocycles. The molecule has 1 aliphatic carbocycles. The van der Waals surface area contributed by atoms with Crippen LogP contribution in [0.3, 0.4) is 0 Å². The van der Waals surface area contributed by atoms with Crippen molar-refractivity contribution in [3.8, 4) is 0 Å². The number of methoxy groups -OCH3 is 1. The number of carbonyl (C=O) groups is 1. The first-order chi connectivity index (χ1) is 11.6. The Morgan fingerprint density at radius 1 is 1.33 bits per heavy atom. The smallest absolute Gasteiger partial charge is 0.223 e. The van der Waals surface area contributed by atoms with E-state index < -0.39 is 0 Å². The van der Waals surface area contributed by atoms with Crippen molar-refractivity contribution in [1.82, 2.24) is 10.2 Å². The Kier molecular flexibility index (Phi) is 5.26. The van der Waals surface area contributed by atoms with E-state index in [1.807, 2.05) is 13.8 Å². The Morgan fingerprint density at radius 2 is 2.04 bits per heavy atom. The fraction of sp³-hybridized carbons (Fsp3) is 0.650. The van der Waals surface area contributed by atoms with Crippen LogP contribution in [0.1, 0.15) is 50.3 Å². The van der Waals surface area contributed by atoms with Crippen LogP contribution in [0.15, 0.2) is 24.3 Å². The quantitative estimate of drug-likeness (QED) is 0.902. The molecule has 0 radical (unpaired) electrons. The van der Waals surface area contributed by atoms with Gasteiger partial charge in [-0.1, -0.05) is 38.1 Å². The monoisotopic (exact) mass is 330 g/mol. The molecule has 1 fully saturated rings. The van der Waals surface area contributed by atoms with Gasteiger partial charge in [0.2, 0.25) is 5.91 Å². The van der Waals surface area contributed by atoms with Gasteiger partial charge in [0.15, 0.2) is 0 Å². The highest BCUT2D eigenvalue weighted by Crippen LogP contribution is 2.50. The van der Waals surface area contributed by atoms with E-state index in [0.717, 1.165) is 32.7 Å². The molecule has 1 aromatic rings. The van der Waals surface area contributed by atoms with Gasteiger partial charge in [0.1, 0.15) is 0 Å². The summed E-state index contributed by atoms with van der Waals surface area (Å²) in [7, 11) is 1.76. The van der Waals surface area contributed by atoms with E-state index in [4.69, 9.17) is 4.74 Å². The van der Waals surface area contributed by atoms with E-state index >= 15 is 0 Å². The Hall–Kier alpha value is -1.39. The van der Waals surface area contributed by atoms with Gasteiger partial charge in [0, 0.05) is 25.0 Å². The first kappa shape index (κ1) is 17.4. The number of fused-ring (bicyclic) bond motifs is 2. The molecule has 0 saturated carbocycles. The number of hydrogen-bond acceptors (Lipinski definition) is 3. The molecule has 24 heavy (non-hydrogen) atoms. The zero-order valence-electron chi connectivity index (χ0n) is 15.2. The molecule has 2 aliphatic rings. The number of likely N-dealkylation sites (tertiary alicyclic amines) is 1. The third-order valence-electron chi connectivity index (χ3n) is 5.77. The van der Waals surface area contributed by atoms with Crippen LogP contribution in [0.25, 0.3) is 0 Å². The Balaban J connectivity index is 1.75. The number of rotatable bonds is 5. The molecule has 3 rings (SSSR count). The van der Waals surface area contributed by atoms with Crippen LogP contribution in [-0.4, -0.2) is 44.2 Å². The van der Waals surface area contributed by atoms with Crippen LogP contribution < -0.4 is 5.32 Å². The number of nitrogens with zero attached hydrogens (tertiary/aromatic N) is 1. The summed E-state index contributed by atoms with van der Waals surface area (Å²) in [5.41, 5.74) is 3.03. The van der Waals surface area contributed by atoms with Crippen molar-refractivity contribution in [3.05, 3.63) is 35.4 Å². The van der Waals surface area contributed by atoms with Gasteiger partial charge in [0.25, 0.3) is 0 Å². The third-order valence-corrected chi connectivity index (χ3v) is 5.77. The molecule has 1 atom stereocenters. The van der Waals surface area contributed by atoms with Crippen LogP contribution in [0.4, 0.5) is 0 Å². The van der Waals surface area contributed by atoms with E-state index in [9.17, 15) is 4.79 Å². The summed E-state index contributed by atoms with van der Waals surface area (Å²) in [5.74, 6) is 0.189. The second-order valence-corrected chi connectivity index (χ2v) is 7.62. The number of hydrogen-bond donors (Lipinski definition) is 1. The molecule has 1 aliphatic heterocycles. The highest BCUT2D eigenvalue weighted by molar-refractivity contribution is 5.78. The lowest BCUT2D eigenvalue weighted by molar-refractivity contribution is -0.124. The van der Waals surface area contributed by atoms with E-state index in [1.165, 1.54) is 24.0 Å². The van der Waals surface area contributed by atoms with E-state index in [2.05, 4.69) is 34.5 Å². The minimum Gasteiger partial charge on any atom is -0.383 e. The molecule has 4 heteroatoms. The largest absolute Gasteiger partial charge is 0.383 e. The topological polar surface area (TPSA) is 41.6 Å². The van der Waals surface area contributed by atoms with E-state index in [0.29, 0.717) is 0 Å². The first-order valence-electron chi connectivity index (χ1n) is 9.17. The van der Waals surface area contributed by atoms with Crippen molar-refractivity contribution in [3.63, 3.8) is 0 Å². The molecule has 1 aromatic carbocycles. The van der Waals surface area contributed by atoms with Crippen LogP contribution in [0.5, 0.6) is 0 Å². The Labute approximate surface area is 145 Å². The molecule has 1 saturated heterocycles. The molecular weight excluding hydrogens is 300 g/mol. The summed E-state index contributed by atoms with van der Waals surface area (Å²) in [6, 6.07) is 8.89. The van der Waals surface area contributed by atoms with Gasteiger partial charge in [-0.3, -0.25) is 4.79 Å². The van der Waals surface area contributed by atoms with Crippen LogP contribution in [0, 0.1) is 5.92 Å². The summed E-state index contributed by atoms with van der Waals surface area (Å²) < 4.78 is 5.21. The molecule has 0 unspecified atom stereocenters. The maximum Gasteiger partial charge on any atom is 0.223 e. The average molecular weight is 330 g/mol. The molecule has 0 bridgehead atoms. The van der Waals surface area contributed by atoms with Crippen molar-refractivity contribution in [2.45, 2.75) is 44.6 Å². The lowest BCUT2D eigenvalue weighted by atomic mass is 9.73. The van der Waals surface area contributed by atoms with Gasteiger partial charge in [-0.15, -0.1) is 0 Å². The number of amides is 1. The standard InChI is InChI=1S/C20H30N2O2/c1-15(2)19(23)21-18-14-20(17-7-5-4-6-16(17)18)8-10-22(11-9-20)12-13-24-3/h4-7,15,18H,8-14H2,1-3H3,(H,21,23)/t18-/m1/s1. The van der Waals surface area contributed by atoms with Crippen molar-refractivity contribution < 1.29 is 9.53 Å². The number of benzene rings is 1. The van der Waals surface area contributed by atoms with Crippen molar-refractivity contribution in [2.24, 2.45) is 5.92 Å². The van der Waals surface area contributed by atoms with Gasteiger partial charge in [-0.2, -0.15) is 0 Å². The van der Waals surface area contributed by atoms with Crippen LogP contribution in [0.2, 0.25) is 0 Å². The number of carbonyl (C=O) groups excluding carboxylic acids is 1. The highest BCUT2D eigenvalue weighted by atomic mass is 16.5. The maximum absolute atomic E-state index is 12.2. The fourth-order valence-electron chi connectivity index (χ4n) is 4.26. The summed E-state index contributed by atoms with van der Waals surface area (Å²) in [5, 5.41) is 3.28. The second-order valence-electron chi connectivity index (χ2n) is 7.62. The molecule has 1 amide bonds. The lowest BCUT2D eigenvalue weighted by Crippen LogP contribution is -2.43. The van der Waals surface area contributed by atoms with Crippen LogP contribution in [-0.2, 0) is 14.9 Å². The van der Waals surface area contributed by atoms with Crippen LogP contribution >= 0.6 is 0 Å². The Bertz CT molecular complexity index is 577. The minimum atomic E-state index is 0.0320. The molecule has 1 N–H and O–H groups in total. The van der Waals surface area contributed by atoms with Gasteiger partial charge in [-0.25, -0.2) is 0 Å². The molecule has 4 nitrogen and oxygen atoms in total. The van der Waals surface area contributed by atoms with E-state index in [1.54, 1.807) is 7.11 Å². The van der Waals surface area contributed by atoms with Crippen molar-refractivity contribution >= 4 is 5.91 Å². The summed E-state index contributed by atoms with van der Waals surface area (Å²) >= 11 is 0. The van der Waals surface area contributed by atoms with Gasteiger partial charge >= 0.3 is 0 Å². The van der Waals surface area contributed by atoms with E-state index in [-0.39, 0.29) is 23.3 Å². The summed E-state index contributed by atoms with van der Waals surface area (Å²) in [6.45, 7) is 7.96. The van der Waals surface area contributed by atoms with Gasteiger partial charge in [-0.05, 0) is 43.5 Å². The van der Waals surface area contributed by atoms with Crippen molar-refractivity contribution in [2.75, 3.05) is 33.4 Å². The Morgan fingerprint density at radius 3 is 2.71 bits per heavy atom. The van der Waals surface area contributed by atoms with Crippen molar-refractivity contribution in [1.29, 1.82) is 0 Å².